The van der Waals surface area contributed by atoms with Crippen LogP contribution in [0, 0.1) is 0 Å². The second-order valence-electron chi connectivity index (χ2n) is 3.67. The van der Waals surface area contributed by atoms with Crippen molar-refractivity contribution in [1.82, 2.24) is 0 Å². The molecule has 0 fully saturated rings. The first-order valence-electron chi connectivity index (χ1n) is 4.86. The highest BCUT2D eigenvalue weighted by Crippen LogP contribution is 2.11. The van der Waals surface area contributed by atoms with E-state index in [9.17, 15) is 9.18 Å². The molecular formula is C12H14FNOSi. The maximum atomic E-state index is 12.2. The van der Waals surface area contributed by atoms with Crippen molar-refractivity contribution in [2.45, 2.75) is 6.55 Å². The summed E-state index contributed by atoms with van der Waals surface area (Å²) < 4.78 is 12.2. The molecule has 1 aromatic carbocycles. The average molecular weight is 235 g/mol. The van der Waals surface area contributed by atoms with Gasteiger partial charge in [0.2, 0.25) is 0 Å². The summed E-state index contributed by atoms with van der Waals surface area (Å²) >= 11 is 0. The van der Waals surface area contributed by atoms with Crippen LogP contribution in [-0.2, 0) is 0 Å². The van der Waals surface area contributed by atoms with Crippen LogP contribution in [-0.4, -0.2) is 14.2 Å². The summed E-state index contributed by atoms with van der Waals surface area (Å²) in [6.07, 6.45) is -1.56. The lowest BCUT2D eigenvalue weighted by molar-refractivity contribution is 0.235. The Bertz CT molecular complexity index is 423. The zero-order valence-electron chi connectivity index (χ0n) is 9.16. The summed E-state index contributed by atoms with van der Waals surface area (Å²) in [5.74, 6) is 0. The lowest BCUT2D eigenvalue weighted by atomic mass is 10.3. The summed E-state index contributed by atoms with van der Waals surface area (Å²) in [7, 11) is -1.90. The number of carbonyl (C=O) groups excluding carboxylic acids is 1. The quantitative estimate of drug-likeness (QED) is 0.485. The Labute approximate surface area is 95.5 Å². The molecule has 84 valence electrons. The summed E-state index contributed by atoms with van der Waals surface area (Å²) in [6, 6.07) is 7.11. The molecule has 0 radical (unpaired) electrons. The monoisotopic (exact) mass is 235 g/mol. The maximum absolute atomic E-state index is 12.2. The van der Waals surface area contributed by atoms with Gasteiger partial charge in [-0.25, -0.2) is 4.79 Å². The highest BCUT2D eigenvalue weighted by Gasteiger charge is 2.21. The summed E-state index contributed by atoms with van der Waals surface area (Å²) in [5, 5.41) is 3.14. The van der Waals surface area contributed by atoms with Gasteiger partial charge in [0.05, 0.1) is 0 Å². The van der Waals surface area contributed by atoms with Crippen LogP contribution in [0.3, 0.4) is 0 Å². The van der Waals surface area contributed by atoms with Gasteiger partial charge in [0.15, 0.2) is 0 Å². The van der Waals surface area contributed by atoms with E-state index in [4.69, 9.17) is 0 Å². The van der Waals surface area contributed by atoms with E-state index in [1.54, 1.807) is 18.2 Å². The normalized spacial score (nSPS) is 10.6. The molecule has 0 aromatic heterocycles. The Morgan fingerprint density at radius 1 is 1.44 bits per heavy atom. The fraction of sp³-hybridized carbons (Fsp3) is 0.0833. The Kier molecular flexibility index (Phi) is 3.79. The van der Waals surface area contributed by atoms with Crippen LogP contribution < -0.4 is 10.5 Å². The lowest BCUT2D eigenvalue weighted by Gasteiger charge is -2.19. The molecule has 4 heteroatoms. The number of anilines is 1. The molecule has 16 heavy (non-hydrogen) atoms. The summed E-state index contributed by atoms with van der Waals surface area (Å²) in [5.41, 5.74) is 4.22. The standard InChI is InChI=1S/C12H14FNOSi/c1-4-16(3,5-2)11-8-6-7-10(9-11)14-12(13)15/h4-9H,1-2H2,3H3,(H,14,15). The molecule has 2 nitrogen and oxygen atoms in total. The van der Waals surface area contributed by atoms with Crippen molar-refractivity contribution in [2.75, 3.05) is 5.32 Å². The number of benzene rings is 1. The van der Waals surface area contributed by atoms with Gasteiger partial charge in [0.25, 0.3) is 0 Å². The van der Waals surface area contributed by atoms with Crippen LogP contribution >= 0.6 is 0 Å². The van der Waals surface area contributed by atoms with Gasteiger partial charge in [0.1, 0.15) is 8.07 Å². The van der Waals surface area contributed by atoms with Crippen LogP contribution in [0.4, 0.5) is 14.9 Å². The first-order valence-corrected chi connectivity index (χ1v) is 7.51. The molecule has 1 aromatic rings. The molecule has 0 saturated carbocycles. The van der Waals surface area contributed by atoms with Gasteiger partial charge >= 0.3 is 6.16 Å². The van der Waals surface area contributed by atoms with Crippen molar-refractivity contribution in [2.24, 2.45) is 0 Å². The third kappa shape index (κ3) is 2.67. The summed E-state index contributed by atoms with van der Waals surface area (Å²) in [4.78, 5) is 10.3. The summed E-state index contributed by atoms with van der Waals surface area (Å²) in [6.45, 7) is 9.67. The van der Waals surface area contributed by atoms with E-state index < -0.39 is 14.2 Å². The Morgan fingerprint density at radius 3 is 2.56 bits per heavy atom. The number of hydrogen-bond acceptors (Lipinski definition) is 1. The first kappa shape index (κ1) is 12.4. The van der Waals surface area contributed by atoms with Crippen LogP contribution in [0.1, 0.15) is 0 Å². The van der Waals surface area contributed by atoms with Gasteiger partial charge in [0, 0.05) is 5.69 Å². The van der Waals surface area contributed by atoms with E-state index in [2.05, 4.69) is 25.0 Å². The number of carbonyl (C=O) groups is 1. The molecule has 1 N–H and O–H groups in total. The van der Waals surface area contributed by atoms with Crippen molar-refractivity contribution in [3.8, 4) is 0 Å². The van der Waals surface area contributed by atoms with Crippen molar-refractivity contribution < 1.29 is 9.18 Å². The molecule has 0 aliphatic carbocycles. The molecule has 0 heterocycles. The Morgan fingerprint density at radius 2 is 2.06 bits per heavy atom. The van der Waals surface area contributed by atoms with Crippen LogP contribution in [0.25, 0.3) is 0 Å². The number of nitrogens with one attached hydrogen (secondary N) is 1. The highest BCUT2D eigenvalue weighted by molar-refractivity contribution is 6.98. The van der Waals surface area contributed by atoms with Crippen molar-refractivity contribution >= 4 is 25.1 Å². The topological polar surface area (TPSA) is 29.1 Å². The molecule has 0 bridgehead atoms. The van der Waals surface area contributed by atoms with E-state index >= 15 is 0 Å². The molecule has 1 rings (SSSR count). The number of amides is 1. The predicted molar refractivity (Wildman–Crippen MR) is 68.2 cm³/mol. The molecule has 1 amide bonds. The molecule has 0 aliphatic heterocycles. The van der Waals surface area contributed by atoms with Crippen LogP contribution in [0.15, 0.2) is 48.8 Å². The molecule has 0 saturated heterocycles. The Balaban J connectivity index is 3.11. The minimum atomic E-state index is -1.90. The SMILES string of the molecule is C=C[Si](C)(C=C)c1cccc(NC(=O)F)c1. The molecule has 0 aliphatic rings. The smallest absolute Gasteiger partial charge is 0.298 e. The molecule has 0 spiro atoms. The van der Waals surface area contributed by atoms with Crippen molar-refractivity contribution in [1.29, 1.82) is 0 Å². The van der Waals surface area contributed by atoms with Crippen molar-refractivity contribution in [3.63, 3.8) is 0 Å². The van der Waals surface area contributed by atoms with Crippen LogP contribution in [0.2, 0.25) is 6.55 Å². The highest BCUT2D eigenvalue weighted by atomic mass is 28.3. The van der Waals surface area contributed by atoms with E-state index in [-0.39, 0.29) is 0 Å². The second kappa shape index (κ2) is 4.89. The fourth-order valence-corrected chi connectivity index (χ4v) is 2.92. The third-order valence-electron chi connectivity index (χ3n) is 2.58. The van der Waals surface area contributed by atoms with E-state index in [0.717, 1.165) is 5.19 Å². The Hall–Kier alpha value is -1.68. The number of rotatable bonds is 4. The third-order valence-corrected chi connectivity index (χ3v) is 5.83. The van der Waals surface area contributed by atoms with Gasteiger partial charge in [-0.15, -0.1) is 17.5 Å². The van der Waals surface area contributed by atoms with Gasteiger partial charge in [-0.2, -0.15) is 0 Å². The number of hydrogen-bond donors (Lipinski definition) is 1. The molecule has 0 atom stereocenters. The zero-order valence-corrected chi connectivity index (χ0v) is 10.2. The first-order chi connectivity index (χ1) is 7.51. The van der Waals surface area contributed by atoms with Gasteiger partial charge in [-0.05, 0) is 17.3 Å². The lowest BCUT2D eigenvalue weighted by Crippen LogP contribution is -2.40. The van der Waals surface area contributed by atoms with Gasteiger partial charge < -0.3 is 0 Å². The maximum Gasteiger partial charge on any atom is 0.401 e. The van der Waals surface area contributed by atoms with Crippen molar-refractivity contribution in [3.05, 3.63) is 48.8 Å². The largest absolute Gasteiger partial charge is 0.401 e. The predicted octanol–water partition coefficient (Wildman–Crippen LogP) is 2.92. The van der Waals surface area contributed by atoms with Gasteiger partial charge in [-0.3, -0.25) is 5.32 Å². The molecule has 0 unspecified atom stereocenters. The number of halogens is 1. The molecular weight excluding hydrogens is 221 g/mol. The average Bonchev–Trinajstić information content (AvgIpc) is 2.27. The second-order valence-corrected chi connectivity index (χ2v) is 7.63. The van der Waals surface area contributed by atoms with Crippen LogP contribution in [0.5, 0.6) is 0 Å². The minimum absolute atomic E-state index is 0.451. The van der Waals surface area contributed by atoms with E-state index in [0.29, 0.717) is 5.69 Å². The van der Waals surface area contributed by atoms with Gasteiger partial charge in [-0.1, -0.05) is 30.1 Å². The van der Waals surface area contributed by atoms with E-state index in [1.807, 2.05) is 17.5 Å². The fourth-order valence-electron chi connectivity index (χ4n) is 1.36. The van der Waals surface area contributed by atoms with E-state index in [1.165, 1.54) is 0 Å². The minimum Gasteiger partial charge on any atom is -0.298 e. The zero-order chi connectivity index (χ0) is 12.2.